The molecule has 4 N–H and O–H groups in total. The van der Waals surface area contributed by atoms with Gasteiger partial charge in [0.1, 0.15) is 11.6 Å². The number of nitrogens with two attached hydrogens (primary N) is 1. The van der Waals surface area contributed by atoms with Crippen molar-refractivity contribution >= 4 is 23.3 Å². The summed E-state index contributed by atoms with van der Waals surface area (Å²) in [5.74, 6) is 2.18. The zero-order chi connectivity index (χ0) is 28.4. The van der Waals surface area contributed by atoms with Gasteiger partial charge in [-0.2, -0.15) is 0 Å². The van der Waals surface area contributed by atoms with Crippen LogP contribution in [-0.2, 0) is 17.6 Å². The number of halogens is 1. The number of aromatic hydroxyl groups is 1. The average molecular weight is 542 g/mol. The number of likely N-dealkylation sites (tertiary alicyclic amines) is 1. The Labute approximate surface area is 233 Å². The highest BCUT2D eigenvalue weighted by molar-refractivity contribution is 6.08. The summed E-state index contributed by atoms with van der Waals surface area (Å²) in [5, 5.41) is 12.8. The topological polar surface area (TPSA) is 102 Å². The van der Waals surface area contributed by atoms with Crippen molar-refractivity contribution in [3.8, 4) is 18.1 Å². The Morgan fingerprint density at radius 1 is 1.12 bits per heavy atom. The zero-order valence-corrected chi connectivity index (χ0v) is 22.2. The molecule has 0 aliphatic carbocycles. The molecule has 1 saturated heterocycles. The fourth-order valence-electron chi connectivity index (χ4n) is 5.73. The second kappa shape index (κ2) is 11.2. The number of phenols is 1. The molecule has 2 aromatic rings. The Hall–Kier alpha value is -4.71. The first-order chi connectivity index (χ1) is 19.3. The van der Waals surface area contributed by atoms with Crippen molar-refractivity contribution in [3.63, 3.8) is 0 Å². The number of phenolic OH excluding ortho intramolecular Hbond substituents is 1. The van der Waals surface area contributed by atoms with Gasteiger partial charge in [-0.1, -0.05) is 12.5 Å². The van der Waals surface area contributed by atoms with Gasteiger partial charge in [-0.25, -0.2) is 9.18 Å². The van der Waals surface area contributed by atoms with Crippen LogP contribution in [0.1, 0.15) is 24.0 Å². The Morgan fingerprint density at radius 3 is 2.60 bits per heavy atom. The van der Waals surface area contributed by atoms with Gasteiger partial charge in [0, 0.05) is 55.4 Å². The van der Waals surface area contributed by atoms with Crippen molar-refractivity contribution in [2.45, 2.75) is 31.7 Å². The molecule has 9 heteroatoms. The van der Waals surface area contributed by atoms with Gasteiger partial charge in [-0.05, 0) is 79.3 Å². The van der Waals surface area contributed by atoms with Gasteiger partial charge in [-0.3, -0.25) is 4.79 Å². The molecule has 3 heterocycles. The van der Waals surface area contributed by atoms with Gasteiger partial charge in [0.15, 0.2) is 0 Å². The largest absolute Gasteiger partial charge is 0.508 e. The van der Waals surface area contributed by atoms with E-state index in [1.807, 2.05) is 4.90 Å². The first kappa shape index (κ1) is 26.9. The molecule has 0 atom stereocenters. The predicted octanol–water partition coefficient (Wildman–Crippen LogP) is 3.89. The maximum atomic E-state index is 13.7. The molecule has 3 aliphatic heterocycles. The fourth-order valence-corrected chi connectivity index (χ4v) is 5.73. The van der Waals surface area contributed by atoms with Crippen LogP contribution in [-0.4, -0.2) is 59.1 Å². The maximum Gasteiger partial charge on any atom is 0.322 e. The highest BCUT2D eigenvalue weighted by Crippen LogP contribution is 2.32. The summed E-state index contributed by atoms with van der Waals surface area (Å²) in [6.07, 6.45) is 11.4. The number of nitrogens with zero attached hydrogens (tertiary/aromatic N) is 3. The number of amides is 3. The van der Waals surface area contributed by atoms with Crippen molar-refractivity contribution < 1.29 is 19.1 Å². The van der Waals surface area contributed by atoms with E-state index >= 15 is 0 Å². The van der Waals surface area contributed by atoms with Gasteiger partial charge in [0.25, 0.3) is 5.91 Å². The lowest BCUT2D eigenvalue weighted by Gasteiger charge is -2.39. The molecule has 5 rings (SSSR count). The molecule has 40 heavy (non-hydrogen) atoms. The minimum atomic E-state index is -0.328. The number of urea groups is 1. The second-order valence-electron chi connectivity index (χ2n) is 10.2. The van der Waals surface area contributed by atoms with Crippen LogP contribution >= 0.6 is 0 Å². The van der Waals surface area contributed by atoms with Crippen LogP contribution in [0.2, 0.25) is 0 Å². The number of allylic oxidation sites excluding steroid dienone is 1. The summed E-state index contributed by atoms with van der Waals surface area (Å²) in [6.45, 7) is 6.21. The summed E-state index contributed by atoms with van der Waals surface area (Å²) in [4.78, 5) is 31.9. The van der Waals surface area contributed by atoms with E-state index < -0.39 is 0 Å². The van der Waals surface area contributed by atoms with Gasteiger partial charge in [-0.15, -0.1) is 6.42 Å². The lowest BCUT2D eigenvalue weighted by atomic mass is 10.00. The quantitative estimate of drug-likeness (QED) is 0.231. The Morgan fingerprint density at radius 2 is 1.88 bits per heavy atom. The molecule has 0 saturated carbocycles. The van der Waals surface area contributed by atoms with Crippen molar-refractivity contribution in [3.05, 3.63) is 89.0 Å². The number of terminal acetylenes is 1. The van der Waals surface area contributed by atoms with E-state index in [0.717, 1.165) is 11.1 Å². The summed E-state index contributed by atoms with van der Waals surface area (Å²) < 4.78 is 13.7. The van der Waals surface area contributed by atoms with E-state index in [1.165, 1.54) is 18.3 Å². The first-order valence-corrected chi connectivity index (χ1v) is 13.3. The van der Waals surface area contributed by atoms with E-state index in [0.29, 0.717) is 74.5 Å². The van der Waals surface area contributed by atoms with E-state index in [1.54, 1.807) is 35.2 Å². The van der Waals surface area contributed by atoms with Crippen LogP contribution in [0, 0.1) is 18.2 Å². The number of benzene rings is 2. The van der Waals surface area contributed by atoms with Crippen molar-refractivity contribution in [2.75, 3.05) is 36.4 Å². The minimum absolute atomic E-state index is 0.0166. The van der Waals surface area contributed by atoms with Crippen molar-refractivity contribution in [1.29, 1.82) is 0 Å². The molecular formula is C31H32FN5O3. The molecular weight excluding hydrogens is 509 g/mol. The highest BCUT2D eigenvalue weighted by atomic mass is 19.1. The van der Waals surface area contributed by atoms with Crippen LogP contribution in [0.25, 0.3) is 0 Å². The summed E-state index contributed by atoms with van der Waals surface area (Å²) >= 11 is 0. The maximum absolute atomic E-state index is 13.7. The van der Waals surface area contributed by atoms with E-state index in [-0.39, 0.29) is 35.1 Å². The summed E-state index contributed by atoms with van der Waals surface area (Å²) in [5.41, 5.74) is 10.3. The standard InChI is InChI=1S/C31H32FN5O3/c1-3-21(19-33)29(16-20(2)30(39)37-15-9-23-17-24(32)4-7-28(23)37)35-12-10-25(11-13-35)36-14-8-22-18-26(38)5-6-27(22)34-31(36)40/h1,4-7,16-19,25,38H,2,8-15,33H2,(H,34,40)/b21-19-,29-16+. The van der Waals surface area contributed by atoms with E-state index in [2.05, 4.69) is 22.7 Å². The summed E-state index contributed by atoms with van der Waals surface area (Å²) in [6, 6.07) is 9.25. The molecule has 0 spiro atoms. The van der Waals surface area contributed by atoms with Gasteiger partial charge in [0.05, 0.1) is 11.3 Å². The number of rotatable bonds is 5. The summed E-state index contributed by atoms with van der Waals surface area (Å²) in [7, 11) is 0. The Bertz CT molecular complexity index is 1470. The number of nitrogens with one attached hydrogen (secondary N) is 1. The third kappa shape index (κ3) is 5.25. The van der Waals surface area contributed by atoms with Crippen LogP contribution in [0.15, 0.2) is 72.1 Å². The van der Waals surface area contributed by atoms with Gasteiger partial charge < -0.3 is 30.9 Å². The van der Waals surface area contributed by atoms with E-state index in [4.69, 9.17) is 12.2 Å². The third-order valence-electron chi connectivity index (χ3n) is 7.83. The smallest absolute Gasteiger partial charge is 0.322 e. The molecule has 0 unspecified atom stereocenters. The molecule has 3 amide bonds. The van der Waals surface area contributed by atoms with E-state index in [9.17, 15) is 19.1 Å². The highest BCUT2D eigenvalue weighted by Gasteiger charge is 2.32. The van der Waals surface area contributed by atoms with Crippen LogP contribution in [0.3, 0.4) is 0 Å². The average Bonchev–Trinajstić information content (AvgIpc) is 3.29. The molecule has 3 aliphatic rings. The molecule has 0 bridgehead atoms. The fraction of sp³-hybridized carbons (Fsp3) is 0.290. The number of hydrogen-bond acceptors (Lipinski definition) is 5. The van der Waals surface area contributed by atoms with Gasteiger partial charge in [0.2, 0.25) is 0 Å². The van der Waals surface area contributed by atoms with Crippen molar-refractivity contribution in [2.24, 2.45) is 5.73 Å². The lowest BCUT2D eigenvalue weighted by Crippen LogP contribution is -2.48. The Kier molecular flexibility index (Phi) is 7.52. The van der Waals surface area contributed by atoms with Crippen molar-refractivity contribution in [1.82, 2.24) is 9.80 Å². The second-order valence-corrected chi connectivity index (χ2v) is 10.2. The lowest BCUT2D eigenvalue weighted by molar-refractivity contribution is -0.114. The SMILES string of the molecule is C#CC(=C/N)/C(=C\C(=C)C(=O)N1CCc2cc(F)ccc21)N1CCC(N2CCc3cc(O)ccc3NC2=O)CC1. The molecule has 0 aromatic heterocycles. The third-order valence-corrected chi connectivity index (χ3v) is 7.83. The van der Waals surface area contributed by atoms with Crippen LogP contribution in [0.4, 0.5) is 20.6 Å². The molecule has 2 aromatic carbocycles. The number of carbonyl (C=O) groups is 2. The number of fused-ring (bicyclic) bond motifs is 2. The molecule has 206 valence electrons. The minimum Gasteiger partial charge on any atom is -0.508 e. The van der Waals surface area contributed by atoms with Crippen LogP contribution in [0.5, 0.6) is 5.75 Å². The molecule has 1 fully saturated rings. The Balaban J connectivity index is 1.29. The monoisotopic (exact) mass is 541 g/mol. The number of anilines is 2. The predicted molar refractivity (Wildman–Crippen MR) is 153 cm³/mol. The molecule has 0 radical (unpaired) electrons. The van der Waals surface area contributed by atoms with Gasteiger partial charge >= 0.3 is 6.03 Å². The number of piperidine rings is 1. The zero-order valence-electron chi connectivity index (χ0n) is 22.2. The normalized spacial score (nSPS) is 18.0. The number of hydrogen-bond donors (Lipinski definition) is 3. The number of carbonyl (C=O) groups excluding carboxylic acids is 2. The first-order valence-electron chi connectivity index (χ1n) is 13.3. The molecule has 8 nitrogen and oxygen atoms in total. The van der Waals surface area contributed by atoms with Crippen LogP contribution < -0.4 is 16.0 Å².